The molecule has 0 amide bonds. The molecule has 5 heteroatoms. The number of carbonyl (C=O) groups excluding carboxylic acids is 1. The highest BCUT2D eigenvalue weighted by molar-refractivity contribution is 5.86. The maximum absolute atomic E-state index is 12.8. The van der Waals surface area contributed by atoms with Gasteiger partial charge in [-0.05, 0) is 61.1 Å². The van der Waals surface area contributed by atoms with Gasteiger partial charge in [-0.3, -0.25) is 4.79 Å². The summed E-state index contributed by atoms with van der Waals surface area (Å²) in [6.07, 6.45) is 1.10. The number of fused-ring (bicyclic) bond motifs is 1. The molecule has 4 rings (SSSR count). The largest absolute Gasteiger partial charge is 0.488 e. The van der Waals surface area contributed by atoms with Crippen molar-refractivity contribution in [1.82, 2.24) is 0 Å². The van der Waals surface area contributed by atoms with E-state index in [4.69, 9.17) is 13.9 Å². The Balaban J connectivity index is 1.55. The Morgan fingerprint density at radius 1 is 0.886 bits per heavy atom. The number of aryl methyl sites for hydroxylation is 2. The van der Waals surface area contributed by atoms with Crippen molar-refractivity contribution in [3.05, 3.63) is 99.4 Å². The van der Waals surface area contributed by atoms with Crippen LogP contribution < -0.4 is 10.4 Å². The summed E-state index contributed by atoms with van der Waals surface area (Å²) < 4.78 is 16.9. The van der Waals surface area contributed by atoms with Crippen molar-refractivity contribution in [2.75, 3.05) is 6.61 Å². The summed E-state index contributed by atoms with van der Waals surface area (Å²) in [6, 6.07) is 22.4. The fourth-order valence-electron chi connectivity index (χ4n) is 4.30. The van der Waals surface area contributed by atoms with E-state index in [-0.39, 0.29) is 12.4 Å². The zero-order chi connectivity index (χ0) is 24.8. The van der Waals surface area contributed by atoms with E-state index in [9.17, 15) is 9.59 Å². The van der Waals surface area contributed by atoms with Crippen LogP contribution in [0.1, 0.15) is 42.5 Å². The first-order valence-electron chi connectivity index (χ1n) is 12.0. The van der Waals surface area contributed by atoms with Gasteiger partial charge in [0.1, 0.15) is 17.9 Å². The first-order chi connectivity index (χ1) is 17.0. The van der Waals surface area contributed by atoms with Crippen LogP contribution in [0.3, 0.4) is 0 Å². The number of rotatable bonds is 9. The molecule has 0 aliphatic rings. The van der Waals surface area contributed by atoms with Crippen molar-refractivity contribution in [2.45, 2.75) is 46.6 Å². The molecule has 0 fully saturated rings. The monoisotopic (exact) mass is 470 g/mol. The first-order valence-corrected chi connectivity index (χ1v) is 12.0. The highest BCUT2D eigenvalue weighted by Gasteiger charge is 2.17. The van der Waals surface area contributed by atoms with E-state index in [1.54, 1.807) is 6.92 Å². The van der Waals surface area contributed by atoms with Gasteiger partial charge in [-0.15, -0.1) is 0 Å². The summed E-state index contributed by atoms with van der Waals surface area (Å²) in [7, 11) is 0. The van der Waals surface area contributed by atoms with Gasteiger partial charge < -0.3 is 13.9 Å². The Morgan fingerprint density at radius 2 is 1.60 bits per heavy atom. The third kappa shape index (κ3) is 5.46. The lowest BCUT2D eigenvalue weighted by atomic mass is 9.99. The molecule has 0 spiro atoms. The third-order valence-corrected chi connectivity index (χ3v) is 6.21. The van der Waals surface area contributed by atoms with E-state index < -0.39 is 5.63 Å². The SMILES string of the molecule is CCOC(=O)CCc1c(C)c2ccc(OCc3ccc(-c4ccccc4)cc3)c(CC)c2oc1=O. The van der Waals surface area contributed by atoms with Crippen LogP contribution in [0.5, 0.6) is 5.75 Å². The van der Waals surface area contributed by atoms with Crippen LogP contribution in [0.4, 0.5) is 0 Å². The van der Waals surface area contributed by atoms with Crippen LogP contribution >= 0.6 is 0 Å². The lowest BCUT2D eigenvalue weighted by Crippen LogP contribution is -2.14. The van der Waals surface area contributed by atoms with E-state index in [1.807, 2.05) is 44.2 Å². The van der Waals surface area contributed by atoms with Crippen LogP contribution in [-0.2, 0) is 29.0 Å². The van der Waals surface area contributed by atoms with E-state index in [0.29, 0.717) is 43.0 Å². The number of carbonyl (C=O) groups is 1. The Hall–Kier alpha value is -3.86. The van der Waals surface area contributed by atoms with Crippen molar-refractivity contribution >= 4 is 16.9 Å². The molecule has 0 atom stereocenters. The zero-order valence-electron chi connectivity index (χ0n) is 20.4. The molecule has 0 aliphatic heterocycles. The molecule has 0 saturated carbocycles. The van der Waals surface area contributed by atoms with Crippen molar-refractivity contribution in [3.63, 3.8) is 0 Å². The molecule has 5 nitrogen and oxygen atoms in total. The minimum atomic E-state index is -0.414. The number of hydrogen-bond acceptors (Lipinski definition) is 5. The van der Waals surface area contributed by atoms with Gasteiger partial charge in [-0.1, -0.05) is 61.5 Å². The summed E-state index contributed by atoms with van der Waals surface area (Å²) in [6.45, 7) is 6.41. The van der Waals surface area contributed by atoms with E-state index in [1.165, 1.54) is 5.56 Å². The minimum Gasteiger partial charge on any atom is -0.488 e. The van der Waals surface area contributed by atoms with E-state index in [0.717, 1.165) is 27.6 Å². The van der Waals surface area contributed by atoms with Crippen molar-refractivity contribution in [1.29, 1.82) is 0 Å². The molecule has 0 saturated heterocycles. The number of esters is 1. The van der Waals surface area contributed by atoms with Gasteiger partial charge >= 0.3 is 11.6 Å². The number of benzene rings is 3. The van der Waals surface area contributed by atoms with E-state index in [2.05, 4.69) is 36.4 Å². The first kappa shape index (κ1) is 24.3. The second kappa shape index (κ2) is 11.0. The molecule has 0 N–H and O–H groups in total. The van der Waals surface area contributed by atoms with Gasteiger partial charge in [0.25, 0.3) is 0 Å². The highest BCUT2D eigenvalue weighted by atomic mass is 16.5. The lowest BCUT2D eigenvalue weighted by molar-refractivity contribution is -0.143. The quantitative estimate of drug-likeness (QED) is 0.209. The molecule has 0 radical (unpaired) electrons. The van der Waals surface area contributed by atoms with Crippen molar-refractivity contribution in [2.24, 2.45) is 0 Å². The standard InChI is InChI=1S/C30H30O5/c1-4-24-27(34-19-21-11-13-23(14-12-21)22-9-7-6-8-10-22)17-15-25-20(3)26(30(32)35-29(24)25)16-18-28(31)33-5-2/h6-15,17H,4-5,16,18-19H2,1-3H3. The molecular formula is C30H30O5. The average molecular weight is 471 g/mol. The molecule has 180 valence electrons. The minimum absolute atomic E-state index is 0.149. The van der Waals surface area contributed by atoms with Gasteiger partial charge in [-0.2, -0.15) is 0 Å². The summed E-state index contributed by atoms with van der Waals surface area (Å²) >= 11 is 0. The molecular weight excluding hydrogens is 440 g/mol. The zero-order valence-corrected chi connectivity index (χ0v) is 20.4. The predicted octanol–water partition coefficient (Wildman–Crippen LogP) is 6.41. The van der Waals surface area contributed by atoms with Gasteiger partial charge in [0.2, 0.25) is 0 Å². The van der Waals surface area contributed by atoms with Crippen LogP contribution in [0.25, 0.3) is 22.1 Å². The highest BCUT2D eigenvalue weighted by Crippen LogP contribution is 2.31. The van der Waals surface area contributed by atoms with Crippen LogP contribution in [-0.4, -0.2) is 12.6 Å². The van der Waals surface area contributed by atoms with Crippen molar-refractivity contribution in [3.8, 4) is 16.9 Å². The van der Waals surface area contributed by atoms with Crippen LogP contribution in [0.2, 0.25) is 0 Å². The fraction of sp³-hybridized carbons (Fsp3) is 0.267. The summed E-state index contributed by atoms with van der Waals surface area (Å²) in [5.74, 6) is 0.384. The smallest absolute Gasteiger partial charge is 0.339 e. The Kier molecular flexibility index (Phi) is 7.66. The van der Waals surface area contributed by atoms with Gasteiger partial charge in [0.05, 0.1) is 6.61 Å². The molecule has 1 aromatic heterocycles. The van der Waals surface area contributed by atoms with Crippen LogP contribution in [0, 0.1) is 6.92 Å². The van der Waals surface area contributed by atoms with Crippen molar-refractivity contribution < 1.29 is 18.7 Å². The van der Waals surface area contributed by atoms with Gasteiger partial charge in [-0.25, -0.2) is 4.79 Å². The summed E-state index contributed by atoms with van der Waals surface area (Å²) in [5, 5.41) is 0.861. The Labute approximate surface area is 205 Å². The lowest BCUT2D eigenvalue weighted by Gasteiger charge is -2.15. The fourth-order valence-corrected chi connectivity index (χ4v) is 4.30. The van der Waals surface area contributed by atoms with Gasteiger partial charge in [0.15, 0.2) is 0 Å². The molecule has 0 bridgehead atoms. The second-order valence-electron chi connectivity index (χ2n) is 8.42. The number of ether oxygens (including phenoxy) is 2. The molecule has 0 aliphatic carbocycles. The van der Waals surface area contributed by atoms with Gasteiger partial charge in [0, 0.05) is 22.9 Å². The number of hydrogen-bond donors (Lipinski definition) is 0. The second-order valence-corrected chi connectivity index (χ2v) is 8.42. The maximum Gasteiger partial charge on any atom is 0.339 e. The summed E-state index contributed by atoms with van der Waals surface area (Å²) in [5.41, 5.74) is 5.73. The topological polar surface area (TPSA) is 65.7 Å². The molecule has 1 heterocycles. The van der Waals surface area contributed by atoms with E-state index >= 15 is 0 Å². The Bertz CT molecular complexity index is 1370. The Morgan fingerprint density at radius 3 is 2.29 bits per heavy atom. The predicted molar refractivity (Wildman–Crippen MR) is 138 cm³/mol. The third-order valence-electron chi connectivity index (χ3n) is 6.21. The molecule has 0 unspecified atom stereocenters. The molecule has 35 heavy (non-hydrogen) atoms. The normalized spacial score (nSPS) is 10.9. The summed E-state index contributed by atoms with van der Waals surface area (Å²) in [4.78, 5) is 24.5. The average Bonchev–Trinajstić information content (AvgIpc) is 2.88. The van der Waals surface area contributed by atoms with Crippen LogP contribution in [0.15, 0.2) is 75.9 Å². The molecule has 3 aromatic carbocycles. The molecule has 4 aromatic rings. The maximum atomic E-state index is 12.8.